The van der Waals surface area contributed by atoms with E-state index in [1.165, 1.54) is 6.07 Å². The Morgan fingerprint density at radius 1 is 1.27 bits per heavy atom. The molecular weight excluding hydrogens is 405 g/mol. The topological polar surface area (TPSA) is 64.6 Å². The highest BCUT2D eigenvalue weighted by Gasteiger charge is 2.46. The molecule has 0 radical (unpaired) electrons. The van der Waals surface area contributed by atoms with Crippen molar-refractivity contribution in [3.8, 4) is 0 Å². The first-order valence-corrected chi connectivity index (χ1v) is 9.31. The molecule has 26 heavy (non-hydrogen) atoms. The normalized spacial score (nSPS) is 25.0. The molecule has 2 atom stereocenters. The summed E-state index contributed by atoms with van der Waals surface area (Å²) >= 11 is 3.19. The summed E-state index contributed by atoms with van der Waals surface area (Å²) in [5.41, 5.74) is 2.96. The summed E-state index contributed by atoms with van der Waals surface area (Å²) in [7, 11) is 0. The number of carbonyl (C=O) groups excluding carboxylic acids is 2. The largest absolute Gasteiger partial charge is 0.452 e. The van der Waals surface area contributed by atoms with Crippen LogP contribution in [0.3, 0.4) is 0 Å². The van der Waals surface area contributed by atoms with Crippen molar-refractivity contribution in [1.82, 2.24) is 5.32 Å². The monoisotopic (exact) mass is 421 g/mol. The number of cyclic esters (lactones) is 1. The van der Waals surface area contributed by atoms with Gasteiger partial charge in [-0.1, -0.05) is 19.4 Å². The van der Waals surface area contributed by atoms with Crippen LogP contribution in [0, 0.1) is 5.82 Å². The Morgan fingerprint density at radius 2 is 2.08 bits per heavy atom. The molecule has 0 spiro atoms. The maximum Gasteiger partial charge on any atom is 0.337 e. The number of benzene rings is 1. The molecule has 3 heterocycles. The molecule has 0 fully saturated rings. The molecule has 7 heteroatoms. The highest BCUT2D eigenvalue weighted by molar-refractivity contribution is 9.10. The summed E-state index contributed by atoms with van der Waals surface area (Å²) in [5, 5.41) is 3.22. The Morgan fingerprint density at radius 3 is 2.81 bits per heavy atom. The fourth-order valence-corrected chi connectivity index (χ4v) is 4.16. The van der Waals surface area contributed by atoms with E-state index in [4.69, 9.17) is 9.47 Å². The number of dihydropyridines is 1. The van der Waals surface area contributed by atoms with Gasteiger partial charge in [0.15, 0.2) is 5.78 Å². The number of Topliss-reactive ketones (excluding diaryl/α,β-unsaturated/α-hetero) is 1. The standard InChI is InChI=1S/C19H17BrFNO4/c1-2-3-14-18-17(19(24)26-14)15(9-4-5-11(21)10(20)6-9)16-12(22-18)7-25-8-13(16)23/h4-6,14-15,22H,2-3,7-8H2,1H3/t14-,15+/m0/s1. The number of ether oxygens (including phenoxy) is 2. The van der Waals surface area contributed by atoms with Crippen molar-refractivity contribution in [2.24, 2.45) is 0 Å². The van der Waals surface area contributed by atoms with E-state index in [-0.39, 0.29) is 29.6 Å². The average Bonchev–Trinajstić information content (AvgIpc) is 2.92. The van der Waals surface area contributed by atoms with E-state index in [1.54, 1.807) is 12.1 Å². The fraction of sp³-hybridized carbons (Fsp3) is 0.368. The van der Waals surface area contributed by atoms with Crippen molar-refractivity contribution in [2.45, 2.75) is 31.8 Å². The zero-order valence-electron chi connectivity index (χ0n) is 14.1. The molecule has 1 aromatic rings. The van der Waals surface area contributed by atoms with Crippen LogP contribution in [0.1, 0.15) is 31.2 Å². The summed E-state index contributed by atoms with van der Waals surface area (Å²) in [6, 6.07) is 4.55. The summed E-state index contributed by atoms with van der Waals surface area (Å²) in [6.07, 6.45) is 1.18. The van der Waals surface area contributed by atoms with Crippen LogP contribution < -0.4 is 5.32 Å². The van der Waals surface area contributed by atoms with Gasteiger partial charge in [-0.25, -0.2) is 9.18 Å². The third-order valence-corrected chi connectivity index (χ3v) is 5.48. The summed E-state index contributed by atoms with van der Waals surface area (Å²) in [4.78, 5) is 25.2. The van der Waals surface area contributed by atoms with Crippen molar-refractivity contribution in [2.75, 3.05) is 13.2 Å². The number of halogens is 2. The first-order chi connectivity index (χ1) is 12.5. The molecular formula is C19H17BrFNO4. The van der Waals surface area contributed by atoms with Crippen molar-refractivity contribution in [3.63, 3.8) is 0 Å². The fourth-order valence-electron chi connectivity index (χ4n) is 3.76. The van der Waals surface area contributed by atoms with Gasteiger partial charge in [-0.15, -0.1) is 0 Å². The van der Waals surface area contributed by atoms with Gasteiger partial charge in [0.05, 0.1) is 22.3 Å². The van der Waals surface area contributed by atoms with Gasteiger partial charge in [-0.3, -0.25) is 4.79 Å². The number of ketones is 1. The van der Waals surface area contributed by atoms with E-state index < -0.39 is 17.7 Å². The lowest BCUT2D eigenvalue weighted by Gasteiger charge is -2.32. The highest BCUT2D eigenvalue weighted by Crippen LogP contribution is 2.45. The second-order valence-electron chi connectivity index (χ2n) is 6.55. The Labute approximate surface area is 158 Å². The zero-order valence-corrected chi connectivity index (χ0v) is 15.7. The van der Waals surface area contributed by atoms with Crippen LogP contribution in [0.4, 0.5) is 4.39 Å². The Hall–Kier alpha value is -1.99. The lowest BCUT2D eigenvalue weighted by Crippen LogP contribution is -2.38. The Kier molecular flexibility index (Phi) is 4.44. The molecule has 0 bridgehead atoms. The van der Waals surface area contributed by atoms with Crippen LogP contribution in [-0.2, 0) is 19.1 Å². The minimum absolute atomic E-state index is 0.0323. The van der Waals surface area contributed by atoms with Crippen LogP contribution in [0.2, 0.25) is 0 Å². The van der Waals surface area contributed by atoms with E-state index in [0.717, 1.165) is 6.42 Å². The predicted molar refractivity (Wildman–Crippen MR) is 94.6 cm³/mol. The van der Waals surface area contributed by atoms with E-state index in [0.29, 0.717) is 34.5 Å². The van der Waals surface area contributed by atoms with Gasteiger partial charge in [0.1, 0.15) is 18.5 Å². The second-order valence-corrected chi connectivity index (χ2v) is 7.40. The van der Waals surface area contributed by atoms with E-state index in [1.807, 2.05) is 6.92 Å². The van der Waals surface area contributed by atoms with E-state index in [2.05, 4.69) is 21.2 Å². The third-order valence-electron chi connectivity index (χ3n) is 4.88. The molecule has 3 aliphatic heterocycles. The van der Waals surface area contributed by atoms with Gasteiger partial charge in [-0.2, -0.15) is 0 Å². The van der Waals surface area contributed by atoms with E-state index >= 15 is 0 Å². The van der Waals surface area contributed by atoms with Crippen LogP contribution in [0.25, 0.3) is 0 Å². The third kappa shape index (κ3) is 2.70. The van der Waals surface area contributed by atoms with Crippen LogP contribution >= 0.6 is 15.9 Å². The first-order valence-electron chi connectivity index (χ1n) is 8.52. The maximum absolute atomic E-state index is 13.7. The predicted octanol–water partition coefficient (Wildman–Crippen LogP) is 3.11. The number of nitrogens with one attached hydrogen (secondary N) is 1. The first kappa shape index (κ1) is 17.4. The van der Waals surface area contributed by atoms with Crippen molar-refractivity contribution >= 4 is 27.7 Å². The molecule has 136 valence electrons. The maximum atomic E-state index is 13.7. The number of hydrogen-bond acceptors (Lipinski definition) is 5. The highest BCUT2D eigenvalue weighted by atomic mass is 79.9. The van der Waals surface area contributed by atoms with E-state index in [9.17, 15) is 14.0 Å². The lowest BCUT2D eigenvalue weighted by atomic mass is 9.78. The van der Waals surface area contributed by atoms with Crippen molar-refractivity contribution in [3.05, 3.63) is 56.6 Å². The lowest BCUT2D eigenvalue weighted by molar-refractivity contribution is -0.140. The number of hydrogen-bond donors (Lipinski definition) is 1. The number of rotatable bonds is 3. The molecule has 0 saturated heterocycles. The Balaban J connectivity index is 1.89. The molecule has 3 aliphatic rings. The summed E-state index contributed by atoms with van der Waals surface area (Å²) in [6.45, 7) is 2.25. The van der Waals surface area contributed by atoms with Gasteiger partial charge in [0.25, 0.3) is 0 Å². The molecule has 0 aromatic heterocycles. The van der Waals surface area contributed by atoms with Crippen LogP contribution in [0.5, 0.6) is 0 Å². The van der Waals surface area contributed by atoms with Crippen molar-refractivity contribution < 1.29 is 23.5 Å². The van der Waals surface area contributed by atoms with Crippen LogP contribution in [0.15, 0.2) is 45.2 Å². The van der Waals surface area contributed by atoms with Gasteiger partial charge >= 0.3 is 5.97 Å². The second kappa shape index (κ2) is 6.63. The minimum atomic E-state index is -0.580. The zero-order chi connectivity index (χ0) is 18.4. The van der Waals surface area contributed by atoms with Gasteiger partial charge in [-0.05, 0) is 40.0 Å². The smallest absolute Gasteiger partial charge is 0.337 e. The molecule has 5 nitrogen and oxygen atoms in total. The minimum Gasteiger partial charge on any atom is -0.452 e. The van der Waals surface area contributed by atoms with Crippen molar-refractivity contribution in [1.29, 1.82) is 0 Å². The summed E-state index contributed by atoms with van der Waals surface area (Å²) in [5.74, 6) is -1.59. The molecule has 0 amide bonds. The van der Waals surface area contributed by atoms with Crippen LogP contribution in [-0.4, -0.2) is 31.1 Å². The quantitative estimate of drug-likeness (QED) is 0.759. The molecule has 0 saturated carbocycles. The van der Waals surface area contributed by atoms with Gasteiger partial charge in [0, 0.05) is 17.2 Å². The SMILES string of the molecule is CCC[C@@H]1OC(=O)C2=C1NC1=C(C(=O)COC1)[C@H]2c1ccc(F)c(Br)c1. The molecule has 1 aromatic carbocycles. The molecule has 4 rings (SSSR count). The molecule has 1 N–H and O–H groups in total. The average molecular weight is 422 g/mol. The number of esters is 1. The Bertz CT molecular complexity index is 876. The number of carbonyl (C=O) groups is 2. The molecule has 0 aliphatic carbocycles. The molecule has 0 unspecified atom stereocenters. The van der Waals surface area contributed by atoms with Gasteiger partial charge in [0.2, 0.25) is 0 Å². The van der Waals surface area contributed by atoms with Gasteiger partial charge < -0.3 is 14.8 Å². The summed E-state index contributed by atoms with van der Waals surface area (Å²) < 4.78 is 24.9.